The van der Waals surface area contributed by atoms with Crippen LogP contribution in [0.4, 0.5) is 0 Å². The molecule has 1 atom stereocenters. The highest BCUT2D eigenvalue weighted by atomic mass is 35.5. The Morgan fingerprint density at radius 3 is 2.70 bits per heavy atom. The molecule has 0 bridgehead atoms. The highest BCUT2D eigenvalue weighted by Gasteiger charge is 2.40. The zero-order valence-electron chi connectivity index (χ0n) is 17.6. The van der Waals surface area contributed by atoms with E-state index in [1.165, 1.54) is 5.56 Å². The second kappa shape index (κ2) is 9.80. The van der Waals surface area contributed by atoms with Gasteiger partial charge in [-0.1, -0.05) is 30.3 Å². The first kappa shape index (κ1) is 22.6. The second-order valence-electron chi connectivity index (χ2n) is 8.65. The molecular weight excluding hydrogens is 400 g/mol. The Bertz CT molecular complexity index is 920. The van der Waals surface area contributed by atoms with E-state index in [9.17, 15) is 9.59 Å². The number of benzene rings is 1. The summed E-state index contributed by atoms with van der Waals surface area (Å²) in [4.78, 5) is 27.7. The van der Waals surface area contributed by atoms with Crippen molar-refractivity contribution in [2.45, 2.75) is 45.4 Å². The van der Waals surface area contributed by atoms with Crippen LogP contribution in [0.15, 0.2) is 45.6 Å². The van der Waals surface area contributed by atoms with Gasteiger partial charge in [0.25, 0.3) is 5.91 Å². The lowest BCUT2D eigenvalue weighted by Crippen LogP contribution is -2.48. The first-order valence-corrected chi connectivity index (χ1v) is 10.7. The maximum atomic E-state index is 13.1. The van der Waals surface area contributed by atoms with E-state index in [0.29, 0.717) is 12.2 Å². The number of carbonyl (C=O) groups is 1. The SMILES string of the molecule is Cc1cc(CCCc2ccccc2)oc(=O)c1C(=O)N1CCCC2(CCNC2)C1.Cl. The summed E-state index contributed by atoms with van der Waals surface area (Å²) in [5.41, 5.74) is 1.90. The minimum atomic E-state index is -0.492. The lowest BCUT2D eigenvalue weighted by molar-refractivity contribution is 0.0548. The monoisotopic (exact) mass is 430 g/mol. The first-order chi connectivity index (χ1) is 14.1. The molecule has 2 fully saturated rings. The normalized spacial score (nSPS) is 20.9. The Kier molecular flexibility index (Phi) is 7.37. The molecule has 5 nitrogen and oxygen atoms in total. The van der Waals surface area contributed by atoms with E-state index in [0.717, 1.165) is 63.8 Å². The standard InChI is InChI=1S/C24H30N2O3.ClH/c1-18-15-20(10-5-9-19-7-3-2-4-8-19)29-23(28)21(18)22(27)26-14-6-11-24(17-26)12-13-25-16-24;/h2-4,7-8,15,25H,5-6,9-14,16-17H2,1H3;1H. The molecule has 1 aromatic heterocycles. The first-order valence-electron chi connectivity index (χ1n) is 10.7. The molecule has 1 unspecified atom stereocenters. The van der Waals surface area contributed by atoms with E-state index in [1.54, 1.807) is 0 Å². The Morgan fingerprint density at radius 1 is 1.20 bits per heavy atom. The van der Waals surface area contributed by atoms with Crippen molar-refractivity contribution in [3.63, 3.8) is 0 Å². The smallest absolute Gasteiger partial charge is 0.349 e. The Balaban J connectivity index is 0.00000256. The third kappa shape index (κ3) is 4.96. The van der Waals surface area contributed by atoms with E-state index in [4.69, 9.17) is 4.42 Å². The van der Waals surface area contributed by atoms with E-state index in [2.05, 4.69) is 17.4 Å². The highest BCUT2D eigenvalue weighted by molar-refractivity contribution is 5.95. The third-order valence-corrected chi connectivity index (χ3v) is 6.43. The van der Waals surface area contributed by atoms with Crippen molar-refractivity contribution in [1.82, 2.24) is 10.2 Å². The van der Waals surface area contributed by atoms with E-state index in [1.807, 2.05) is 36.1 Å². The van der Waals surface area contributed by atoms with Gasteiger partial charge in [-0.25, -0.2) is 4.79 Å². The zero-order chi connectivity index (χ0) is 20.3. The molecule has 1 spiro atoms. The van der Waals surface area contributed by atoms with Crippen LogP contribution in [0.5, 0.6) is 0 Å². The van der Waals surface area contributed by atoms with Crippen molar-refractivity contribution in [3.8, 4) is 0 Å². The van der Waals surface area contributed by atoms with Gasteiger partial charge in [0.2, 0.25) is 0 Å². The van der Waals surface area contributed by atoms with Gasteiger partial charge in [-0.05, 0) is 62.8 Å². The fourth-order valence-electron chi connectivity index (χ4n) is 4.85. The molecule has 0 aliphatic carbocycles. The van der Waals surface area contributed by atoms with Crippen LogP contribution >= 0.6 is 12.4 Å². The average molecular weight is 431 g/mol. The molecule has 4 rings (SSSR count). The summed E-state index contributed by atoms with van der Waals surface area (Å²) < 4.78 is 5.54. The molecule has 2 saturated heterocycles. The average Bonchev–Trinajstić information content (AvgIpc) is 3.15. The van der Waals surface area contributed by atoms with Gasteiger partial charge >= 0.3 is 5.63 Å². The fourth-order valence-corrected chi connectivity index (χ4v) is 4.85. The number of nitrogens with one attached hydrogen (secondary N) is 1. The maximum absolute atomic E-state index is 13.1. The largest absolute Gasteiger partial charge is 0.427 e. The molecule has 1 N–H and O–H groups in total. The summed E-state index contributed by atoms with van der Waals surface area (Å²) >= 11 is 0. The fraction of sp³-hybridized carbons (Fsp3) is 0.500. The number of rotatable bonds is 5. The molecule has 2 aliphatic heterocycles. The summed E-state index contributed by atoms with van der Waals surface area (Å²) in [6.45, 7) is 5.28. The van der Waals surface area contributed by atoms with Gasteiger partial charge in [0.05, 0.1) is 0 Å². The van der Waals surface area contributed by atoms with Gasteiger partial charge in [-0.15, -0.1) is 12.4 Å². The van der Waals surface area contributed by atoms with Crippen LogP contribution in [0.2, 0.25) is 0 Å². The molecule has 3 heterocycles. The van der Waals surface area contributed by atoms with Crippen LogP contribution < -0.4 is 10.9 Å². The molecule has 2 aliphatic rings. The van der Waals surface area contributed by atoms with Gasteiger partial charge in [-0.2, -0.15) is 0 Å². The van der Waals surface area contributed by atoms with Crippen LogP contribution in [0.1, 0.15) is 52.9 Å². The Labute approximate surface area is 184 Å². The minimum Gasteiger partial charge on any atom is -0.427 e. The van der Waals surface area contributed by atoms with Gasteiger partial charge in [0, 0.05) is 31.5 Å². The number of piperidine rings is 1. The number of amides is 1. The van der Waals surface area contributed by atoms with Gasteiger partial charge in [0.1, 0.15) is 11.3 Å². The van der Waals surface area contributed by atoms with Crippen molar-refractivity contribution >= 4 is 18.3 Å². The minimum absolute atomic E-state index is 0. The Hall–Kier alpha value is -2.11. The molecule has 0 radical (unpaired) electrons. The van der Waals surface area contributed by atoms with Crippen LogP contribution in [0, 0.1) is 12.3 Å². The topological polar surface area (TPSA) is 62.6 Å². The molecule has 2 aromatic rings. The maximum Gasteiger partial charge on any atom is 0.349 e. The van der Waals surface area contributed by atoms with Crippen LogP contribution in [0.25, 0.3) is 0 Å². The van der Waals surface area contributed by atoms with Crippen molar-refractivity contribution in [2.24, 2.45) is 5.41 Å². The number of hydrogen-bond donors (Lipinski definition) is 1. The van der Waals surface area contributed by atoms with Gasteiger partial charge in [0.15, 0.2) is 0 Å². The predicted octanol–water partition coefficient (Wildman–Crippen LogP) is 3.76. The molecular formula is C24H31ClN2O3. The van der Waals surface area contributed by atoms with E-state index < -0.39 is 5.63 Å². The van der Waals surface area contributed by atoms with Crippen molar-refractivity contribution < 1.29 is 9.21 Å². The number of hydrogen-bond acceptors (Lipinski definition) is 4. The molecule has 1 aromatic carbocycles. The number of halogens is 1. The third-order valence-electron chi connectivity index (χ3n) is 6.43. The predicted molar refractivity (Wildman–Crippen MR) is 120 cm³/mol. The summed E-state index contributed by atoms with van der Waals surface area (Å²) in [5.74, 6) is 0.494. The van der Waals surface area contributed by atoms with Crippen molar-refractivity contribution in [3.05, 3.63) is 69.3 Å². The number of carbonyl (C=O) groups excluding carboxylic acids is 1. The van der Waals surface area contributed by atoms with Crippen LogP contribution in [-0.2, 0) is 12.8 Å². The lowest BCUT2D eigenvalue weighted by atomic mass is 9.79. The lowest BCUT2D eigenvalue weighted by Gasteiger charge is -2.40. The molecule has 162 valence electrons. The molecule has 0 saturated carbocycles. The van der Waals surface area contributed by atoms with E-state index >= 15 is 0 Å². The van der Waals surface area contributed by atoms with Crippen LogP contribution in [0.3, 0.4) is 0 Å². The molecule has 6 heteroatoms. The number of aryl methyl sites for hydroxylation is 3. The number of likely N-dealkylation sites (tertiary alicyclic amines) is 1. The van der Waals surface area contributed by atoms with Crippen molar-refractivity contribution in [2.75, 3.05) is 26.2 Å². The number of nitrogens with zero attached hydrogens (tertiary/aromatic N) is 1. The zero-order valence-corrected chi connectivity index (χ0v) is 18.4. The van der Waals surface area contributed by atoms with Gasteiger partial charge in [-0.3, -0.25) is 4.79 Å². The second-order valence-corrected chi connectivity index (χ2v) is 8.65. The van der Waals surface area contributed by atoms with E-state index in [-0.39, 0.29) is 29.3 Å². The Morgan fingerprint density at radius 2 is 2.00 bits per heavy atom. The summed E-state index contributed by atoms with van der Waals surface area (Å²) in [6.07, 6.45) is 5.78. The van der Waals surface area contributed by atoms with Gasteiger partial charge < -0.3 is 14.6 Å². The quantitative estimate of drug-likeness (QED) is 0.784. The molecule has 1 amide bonds. The van der Waals surface area contributed by atoms with Crippen molar-refractivity contribution in [1.29, 1.82) is 0 Å². The highest BCUT2D eigenvalue weighted by Crippen LogP contribution is 2.36. The van der Waals surface area contributed by atoms with Crippen LogP contribution in [-0.4, -0.2) is 37.0 Å². The summed E-state index contributed by atoms with van der Waals surface area (Å²) in [5, 5.41) is 3.43. The summed E-state index contributed by atoms with van der Waals surface area (Å²) in [7, 11) is 0. The molecule has 30 heavy (non-hydrogen) atoms. The summed E-state index contributed by atoms with van der Waals surface area (Å²) in [6, 6.07) is 12.2.